The lowest BCUT2D eigenvalue weighted by Crippen LogP contribution is -1.99. The Morgan fingerprint density at radius 2 is 1.88 bits per heavy atom. The van der Waals surface area contributed by atoms with Crippen LogP contribution >= 0.6 is 0 Å². The lowest BCUT2D eigenvalue weighted by molar-refractivity contribution is 0.101. The fourth-order valence-corrected chi connectivity index (χ4v) is 3.20. The molecule has 1 heterocycles. The minimum absolute atomic E-state index is 0.0305. The van der Waals surface area contributed by atoms with Crippen molar-refractivity contribution < 1.29 is 13.2 Å². The van der Waals surface area contributed by atoms with Crippen molar-refractivity contribution in [2.45, 2.75) is 32.1 Å². The van der Waals surface area contributed by atoms with Gasteiger partial charge in [0.25, 0.3) is 0 Å². The number of Topliss-reactive ketones (excluding diaryl/α,β-unsaturated/α-hetero) is 1. The van der Waals surface area contributed by atoms with E-state index in [0.717, 1.165) is 5.56 Å². The van der Waals surface area contributed by atoms with Crippen LogP contribution in [0.15, 0.2) is 23.1 Å². The molecule has 88 valence electrons. The number of hydrogen-bond acceptors (Lipinski definition) is 3. The van der Waals surface area contributed by atoms with Gasteiger partial charge in [0.05, 0.1) is 10.6 Å². The third-order valence-corrected chi connectivity index (χ3v) is 4.25. The first-order valence-corrected chi connectivity index (χ1v) is 7.02. The van der Waals surface area contributed by atoms with Crippen molar-refractivity contribution in [3.63, 3.8) is 0 Å². The molecule has 1 aliphatic heterocycles. The van der Waals surface area contributed by atoms with Gasteiger partial charge in [0.1, 0.15) is 0 Å². The molecule has 3 nitrogen and oxygen atoms in total. The number of hydrogen-bond donors (Lipinski definition) is 0. The maximum Gasteiger partial charge on any atom is 0.178 e. The Morgan fingerprint density at radius 1 is 1.25 bits per heavy atom. The number of sulfone groups is 1. The van der Waals surface area contributed by atoms with Crippen LogP contribution in [0.3, 0.4) is 0 Å². The van der Waals surface area contributed by atoms with Crippen LogP contribution in [0.4, 0.5) is 0 Å². The molecule has 1 aromatic carbocycles. The molecule has 0 aliphatic carbocycles. The normalized spacial score (nSPS) is 15.9. The predicted octanol–water partition coefficient (Wildman–Crippen LogP) is 2.25. The average Bonchev–Trinajstić information content (AvgIpc) is 2.57. The fraction of sp³-hybridized carbons (Fsp3) is 0.417. The van der Waals surface area contributed by atoms with E-state index in [1.807, 2.05) is 13.8 Å². The number of fused-ring (bicyclic) bond motifs is 1. The minimum Gasteiger partial charge on any atom is -0.295 e. The van der Waals surface area contributed by atoms with Crippen LogP contribution in [0.5, 0.6) is 0 Å². The van der Waals surface area contributed by atoms with Gasteiger partial charge in [-0.15, -0.1) is 0 Å². The molecule has 0 amide bonds. The highest BCUT2D eigenvalue weighted by Gasteiger charge is 2.26. The van der Waals surface area contributed by atoms with Gasteiger partial charge in [-0.25, -0.2) is 8.42 Å². The summed E-state index contributed by atoms with van der Waals surface area (Å²) in [6.45, 7) is 5.48. The molecule has 0 aromatic heterocycles. The van der Waals surface area contributed by atoms with E-state index in [4.69, 9.17) is 0 Å². The molecule has 2 rings (SSSR count). The predicted molar refractivity (Wildman–Crippen MR) is 63.6 cm³/mol. The lowest BCUT2D eigenvalue weighted by Gasteiger charge is -2.00. The molecule has 0 saturated heterocycles. The number of carbonyl (C=O) groups excluding carboxylic acids is 1. The standard InChI is InChI=1S/C10H10O3S.C2H6/c1-7(11)8-2-3-10-9(6-8)4-5-14(10,12)13;1-2/h2-3,6H,4-5H2,1H3;1-2H3. The lowest BCUT2D eigenvalue weighted by atomic mass is 10.1. The van der Waals surface area contributed by atoms with Gasteiger partial charge < -0.3 is 0 Å². The van der Waals surface area contributed by atoms with Crippen LogP contribution in [0, 0.1) is 0 Å². The Morgan fingerprint density at radius 3 is 2.44 bits per heavy atom. The Balaban J connectivity index is 0.000000606. The van der Waals surface area contributed by atoms with Crippen LogP contribution in [0.2, 0.25) is 0 Å². The quantitative estimate of drug-likeness (QED) is 0.707. The second kappa shape index (κ2) is 4.78. The van der Waals surface area contributed by atoms with Gasteiger partial charge in [-0.2, -0.15) is 0 Å². The number of ketones is 1. The second-order valence-electron chi connectivity index (χ2n) is 3.45. The highest BCUT2D eigenvalue weighted by atomic mass is 32.2. The summed E-state index contributed by atoms with van der Waals surface area (Å²) in [5, 5.41) is 0. The molecule has 4 heteroatoms. The zero-order valence-corrected chi connectivity index (χ0v) is 10.6. The molecule has 0 N–H and O–H groups in total. The Hall–Kier alpha value is -1.16. The van der Waals surface area contributed by atoms with Gasteiger partial charge in [-0.1, -0.05) is 19.9 Å². The first-order chi connectivity index (χ1) is 7.50. The summed E-state index contributed by atoms with van der Waals surface area (Å²) in [6.07, 6.45) is 0.527. The van der Waals surface area contributed by atoms with Crippen molar-refractivity contribution in [1.82, 2.24) is 0 Å². The number of aryl methyl sites for hydroxylation is 1. The molecular weight excluding hydrogens is 224 g/mol. The number of carbonyl (C=O) groups is 1. The van der Waals surface area contributed by atoms with Gasteiger partial charge in [-0.3, -0.25) is 4.79 Å². The fourth-order valence-electron chi connectivity index (χ4n) is 1.65. The van der Waals surface area contributed by atoms with E-state index < -0.39 is 9.84 Å². The SMILES string of the molecule is CC.CC(=O)c1ccc2c(c1)CCS2(=O)=O. The molecule has 1 aromatic rings. The molecule has 0 fully saturated rings. The third-order valence-electron chi connectivity index (χ3n) is 2.44. The molecule has 0 unspecified atom stereocenters. The summed E-state index contributed by atoms with van der Waals surface area (Å²) in [5.74, 6) is 0.140. The molecule has 0 bridgehead atoms. The van der Waals surface area contributed by atoms with Crippen molar-refractivity contribution in [2.75, 3.05) is 5.75 Å². The summed E-state index contributed by atoms with van der Waals surface area (Å²) in [5.41, 5.74) is 1.36. The van der Waals surface area contributed by atoms with Gasteiger partial charge in [0.2, 0.25) is 0 Å². The first-order valence-electron chi connectivity index (χ1n) is 5.37. The molecule has 0 radical (unpaired) electrons. The maximum atomic E-state index is 11.4. The highest BCUT2D eigenvalue weighted by Crippen LogP contribution is 2.26. The van der Waals surface area contributed by atoms with E-state index in [1.54, 1.807) is 12.1 Å². The molecular formula is C12H16O3S. The van der Waals surface area contributed by atoms with Crippen molar-refractivity contribution in [2.24, 2.45) is 0 Å². The first kappa shape index (κ1) is 12.9. The van der Waals surface area contributed by atoms with Crippen LogP contribution in [-0.4, -0.2) is 20.0 Å². The highest BCUT2D eigenvalue weighted by molar-refractivity contribution is 7.91. The van der Waals surface area contributed by atoms with Crippen molar-refractivity contribution in [3.8, 4) is 0 Å². The van der Waals surface area contributed by atoms with E-state index in [0.29, 0.717) is 16.9 Å². The van der Waals surface area contributed by atoms with Gasteiger partial charge in [0, 0.05) is 5.56 Å². The largest absolute Gasteiger partial charge is 0.295 e. The minimum atomic E-state index is -3.06. The number of rotatable bonds is 1. The smallest absolute Gasteiger partial charge is 0.178 e. The Bertz CT molecular complexity index is 501. The van der Waals surface area contributed by atoms with Crippen molar-refractivity contribution >= 4 is 15.6 Å². The van der Waals surface area contributed by atoms with E-state index in [1.165, 1.54) is 13.0 Å². The van der Waals surface area contributed by atoms with E-state index in [2.05, 4.69) is 0 Å². The summed E-state index contributed by atoms with van der Waals surface area (Å²) < 4.78 is 22.9. The van der Waals surface area contributed by atoms with Crippen molar-refractivity contribution in [3.05, 3.63) is 29.3 Å². The molecule has 0 saturated carbocycles. The summed E-state index contributed by atoms with van der Waals surface area (Å²) >= 11 is 0. The Labute approximate surface area is 96.4 Å². The molecule has 1 aliphatic rings. The summed E-state index contributed by atoms with van der Waals surface area (Å²) in [4.78, 5) is 11.4. The molecule has 0 atom stereocenters. The van der Waals surface area contributed by atoms with Gasteiger partial charge in [-0.05, 0) is 31.0 Å². The van der Waals surface area contributed by atoms with E-state index in [-0.39, 0.29) is 11.5 Å². The Kier molecular flexibility index (Phi) is 3.86. The zero-order valence-electron chi connectivity index (χ0n) is 9.78. The van der Waals surface area contributed by atoms with Crippen molar-refractivity contribution in [1.29, 1.82) is 0 Å². The average molecular weight is 240 g/mol. The topological polar surface area (TPSA) is 51.2 Å². The van der Waals surface area contributed by atoms with E-state index in [9.17, 15) is 13.2 Å². The monoisotopic (exact) mass is 240 g/mol. The summed E-state index contributed by atoms with van der Waals surface area (Å²) in [7, 11) is -3.06. The number of benzene rings is 1. The van der Waals surface area contributed by atoms with Crippen LogP contribution < -0.4 is 0 Å². The van der Waals surface area contributed by atoms with Crippen LogP contribution in [0.1, 0.15) is 36.7 Å². The summed E-state index contributed by atoms with van der Waals surface area (Å²) in [6, 6.07) is 4.79. The second-order valence-corrected chi connectivity index (χ2v) is 5.53. The van der Waals surface area contributed by atoms with Gasteiger partial charge in [0.15, 0.2) is 15.6 Å². The molecule has 0 spiro atoms. The van der Waals surface area contributed by atoms with Gasteiger partial charge >= 0.3 is 0 Å². The van der Waals surface area contributed by atoms with Crippen LogP contribution in [0.25, 0.3) is 0 Å². The molecule has 16 heavy (non-hydrogen) atoms. The third kappa shape index (κ3) is 2.32. The maximum absolute atomic E-state index is 11.4. The van der Waals surface area contributed by atoms with E-state index >= 15 is 0 Å². The zero-order chi connectivity index (χ0) is 12.3. The van der Waals surface area contributed by atoms with Crippen LogP contribution in [-0.2, 0) is 16.3 Å².